The number of fused-ring (bicyclic) bond motifs is 1. The fourth-order valence-electron chi connectivity index (χ4n) is 3.26. The first kappa shape index (κ1) is 22.9. The van der Waals surface area contributed by atoms with Crippen LogP contribution in [0.1, 0.15) is 21.8 Å². The number of pyridine rings is 1. The van der Waals surface area contributed by atoms with Gasteiger partial charge < -0.3 is 11.1 Å². The minimum Gasteiger partial charge on any atom is -0.365 e. The number of aryl methyl sites for hydroxylation is 1. The molecule has 0 saturated carbocycles. The van der Waals surface area contributed by atoms with Crippen molar-refractivity contribution in [3.63, 3.8) is 0 Å². The van der Waals surface area contributed by atoms with Crippen LogP contribution in [0.15, 0.2) is 53.3 Å². The molecule has 0 bridgehead atoms. The molecule has 0 aliphatic rings. The molecule has 7 nitrogen and oxygen atoms in total. The third kappa shape index (κ3) is 4.91. The molecule has 3 aromatic heterocycles. The average molecular weight is 538 g/mol. The Bertz CT molecular complexity index is 1350. The van der Waals surface area contributed by atoms with E-state index in [-0.39, 0.29) is 39.3 Å². The molecule has 0 aliphatic carbocycles. The van der Waals surface area contributed by atoms with Crippen LogP contribution in [-0.4, -0.2) is 26.6 Å². The van der Waals surface area contributed by atoms with Crippen LogP contribution in [-0.2, 0) is 17.5 Å². The first-order valence-electron chi connectivity index (χ1n) is 9.51. The summed E-state index contributed by atoms with van der Waals surface area (Å²) in [4.78, 5) is 28.4. The standard InChI is InChI=1S/C21H15BrF3N5O2S/c22-12-9-27-30(10-12)7-6-15(31)29-17-16-13(11-4-2-1-3-5-11)8-14(21(23,24)25)28-20(16)33-18(17)19(26)32/h1-5,8-10H,6-7H2,(H2,26,32)(H,29,31). The smallest absolute Gasteiger partial charge is 0.365 e. The Morgan fingerprint density at radius 3 is 2.55 bits per heavy atom. The highest BCUT2D eigenvalue weighted by Crippen LogP contribution is 2.43. The zero-order chi connectivity index (χ0) is 23.8. The molecule has 0 spiro atoms. The topological polar surface area (TPSA) is 103 Å². The fourth-order valence-corrected chi connectivity index (χ4v) is 4.60. The van der Waals surface area contributed by atoms with E-state index in [4.69, 9.17) is 5.73 Å². The normalized spacial score (nSPS) is 11.6. The summed E-state index contributed by atoms with van der Waals surface area (Å²) >= 11 is 3.98. The van der Waals surface area contributed by atoms with Crippen molar-refractivity contribution in [1.29, 1.82) is 0 Å². The minimum absolute atomic E-state index is 0.0123. The zero-order valence-electron chi connectivity index (χ0n) is 16.7. The summed E-state index contributed by atoms with van der Waals surface area (Å²) in [5.74, 6) is -1.33. The van der Waals surface area contributed by atoms with Crippen LogP contribution in [0.4, 0.5) is 18.9 Å². The number of aromatic nitrogens is 3. The number of carbonyl (C=O) groups is 2. The van der Waals surface area contributed by atoms with Crippen LogP contribution in [0.5, 0.6) is 0 Å². The highest BCUT2D eigenvalue weighted by molar-refractivity contribution is 9.10. The molecule has 33 heavy (non-hydrogen) atoms. The summed E-state index contributed by atoms with van der Waals surface area (Å²) in [6, 6.07) is 9.26. The predicted octanol–water partition coefficient (Wildman–Crippen LogP) is 5.07. The van der Waals surface area contributed by atoms with Crippen molar-refractivity contribution in [2.75, 3.05) is 5.32 Å². The lowest BCUT2D eigenvalue weighted by molar-refractivity contribution is -0.140. The predicted molar refractivity (Wildman–Crippen MR) is 122 cm³/mol. The van der Waals surface area contributed by atoms with Gasteiger partial charge in [-0.25, -0.2) is 4.98 Å². The number of hydrogen-bond acceptors (Lipinski definition) is 5. The third-order valence-electron chi connectivity index (χ3n) is 4.70. The number of rotatable bonds is 6. The molecular formula is C21H15BrF3N5O2S. The molecule has 0 atom stereocenters. The number of amides is 2. The second kappa shape index (κ2) is 8.94. The third-order valence-corrected chi connectivity index (χ3v) is 6.20. The number of hydrogen-bond donors (Lipinski definition) is 2. The molecule has 0 saturated heterocycles. The van der Waals surface area contributed by atoms with Gasteiger partial charge in [0.1, 0.15) is 15.4 Å². The van der Waals surface area contributed by atoms with Crippen molar-refractivity contribution in [2.24, 2.45) is 5.73 Å². The summed E-state index contributed by atoms with van der Waals surface area (Å²) < 4.78 is 42.9. The maximum atomic E-state index is 13.5. The van der Waals surface area contributed by atoms with Gasteiger partial charge in [0.05, 0.1) is 16.4 Å². The van der Waals surface area contributed by atoms with Gasteiger partial charge in [0, 0.05) is 24.5 Å². The van der Waals surface area contributed by atoms with Crippen LogP contribution in [0, 0.1) is 0 Å². The summed E-state index contributed by atoms with van der Waals surface area (Å²) in [6.07, 6.45) is -1.42. The highest BCUT2D eigenvalue weighted by Gasteiger charge is 2.35. The molecule has 4 rings (SSSR count). The average Bonchev–Trinajstić information content (AvgIpc) is 3.35. The van der Waals surface area contributed by atoms with Gasteiger partial charge >= 0.3 is 6.18 Å². The number of benzene rings is 1. The Morgan fingerprint density at radius 2 is 1.94 bits per heavy atom. The Balaban J connectivity index is 1.81. The quantitative estimate of drug-likeness (QED) is 0.358. The van der Waals surface area contributed by atoms with Crippen molar-refractivity contribution in [3.05, 3.63) is 63.8 Å². The molecule has 2 amide bonds. The van der Waals surface area contributed by atoms with E-state index in [9.17, 15) is 22.8 Å². The molecule has 0 unspecified atom stereocenters. The van der Waals surface area contributed by atoms with Crippen LogP contribution < -0.4 is 11.1 Å². The molecule has 0 fully saturated rings. The van der Waals surface area contributed by atoms with Gasteiger partial charge in [0.2, 0.25) is 5.91 Å². The van der Waals surface area contributed by atoms with Crippen LogP contribution in [0.25, 0.3) is 21.3 Å². The van der Waals surface area contributed by atoms with E-state index in [0.717, 1.165) is 10.5 Å². The van der Waals surface area contributed by atoms with E-state index < -0.39 is 23.7 Å². The maximum absolute atomic E-state index is 13.5. The van der Waals surface area contributed by atoms with Crippen LogP contribution in [0.3, 0.4) is 0 Å². The number of thiophene rings is 1. The molecular weight excluding hydrogens is 523 g/mol. The number of alkyl halides is 3. The van der Waals surface area contributed by atoms with Crippen molar-refractivity contribution < 1.29 is 22.8 Å². The second-order valence-electron chi connectivity index (χ2n) is 6.99. The van der Waals surface area contributed by atoms with Gasteiger partial charge in [0.15, 0.2) is 0 Å². The number of primary amides is 1. The molecule has 12 heteroatoms. The van der Waals surface area contributed by atoms with Gasteiger partial charge in [-0.3, -0.25) is 14.3 Å². The van der Waals surface area contributed by atoms with Gasteiger partial charge in [0.25, 0.3) is 5.91 Å². The Kier molecular flexibility index (Phi) is 6.21. The van der Waals surface area contributed by atoms with Crippen molar-refractivity contribution in [1.82, 2.24) is 14.8 Å². The number of carbonyl (C=O) groups excluding carboxylic acids is 2. The van der Waals surface area contributed by atoms with Crippen molar-refractivity contribution >= 4 is 55.0 Å². The van der Waals surface area contributed by atoms with E-state index in [2.05, 4.69) is 31.3 Å². The van der Waals surface area contributed by atoms with E-state index in [1.165, 1.54) is 0 Å². The minimum atomic E-state index is -4.70. The van der Waals surface area contributed by atoms with Gasteiger partial charge in [-0.1, -0.05) is 30.3 Å². The summed E-state index contributed by atoms with van der Waals surface area (Å²) in [5, 5.41) is 6.95. The van der Waals surface area contributed by atoms with E-state index in [1.54, 1.807) is 47.4 Å². The van der Waals surface area contributed by atoms with E-state index in [0.29, 0.717) is 16.9 Å². The van der Waals surface area contributed by atoms with Gasteiger partial charge in [-0.05, 0) is 33.1 Å². The second-order valence-corrected chi connectivity index (χ2v) is 8.90. The van der Waals surface area contributed by atoms with Crippen LogP contribution in [0.2, 0.25) is 0 Å². The number of nitrogens with two attached hydrogens (primary N) is 1. The van der Waals surface area contributed by atoms with E-state index in [1.807, 2.05) is 0 Å². The SMILES string of the molecule is NC(=O)c1sc2nc(C(F)(F)F)cc(-c3ccccc3)c2c1NC(=O)CCn1cc(Br)cn1. The number of nitrogens with one attached hydrogen (secondary N) is 1. The van der Waals surface area contributed by atoms with E-state index >= 15 is 0 Å². The number of nitrogens with zero attached hydrogens (tertiary/aromatic N) is 3. The Morgan fingerprint density at radius 1 is 1.21 bits per heavy atom. The molecule has 3 heterocycles. The monoisotopic (exact) mass is 537 g/mol. The zero-order valence-corrected chi connectivity index (χ0v) is 19.1. The lowest BCUT2D eigenvalue weighted by Crippen LogP contribution is -2.18. The lowest BCUT2D eigenvalue weighted by Gasteiger charge is -2.12. The van der Waals surface area contributed by atoms with Gasteiger partial charge in [-0.15, -0.1) is 11.3 Å². The van der Waals surface area contributed by atoms with Crippen LogP contribution >= 0.6 is 27.3 Å². The first-order chi connectivity index (χ1) is 15.6. The summed E-state index contributed by atoms with van der Waals surface area (Å²) in [6.45, 7) is 0.257. The molecule has 0 radical (unpaired) electrons. The summed E-state index contributed by atoms with van der Waals surface area (Å²) in [7, 11) is 0. The Labute approximate surface area is 197 Å². The lowest BCUT2D eigenvalue weighted by atomic mass is 10.0. The summed E-state index contributed by atoms with van der Waals surface area (Å²) in [5.41, 5.74) is 5.09. The van der Waals surface area contributed by atoms with Crippen molar-refractivity contribution in [2.45, 2.75) is 19.1 Å². The fraction of sp³-hybridized carbons (Fsp3) is 0.143. The number of anilines is 1. The first-order valence-corrected chi connectivity index (χ1v) is 11.1. The molecule has 170 valence electrons. The van der Waals surface area contributed by atoms with Gasteiger partial charge in [-0.2, -0.15) is 18.3 Å². The molecule has 0 aliphatic heterocycles. The number of halogens is 4. The molecule has 1 aromatic carbocycles. The Hall–Kier alpha value is -3.25. The molecule has 3 N–H and O–H groups in total. The molecule has 4 aromatic rings. The van der Waals surface area contributed by atoms with Crippen molar-refractivity contribution in [3.8, 4) is 11.1 Å². The highest BCUT2D eigenvalue weighted by atomic mass is 79.9. The maximum Gasteiger partial charge on any atom is 0.433 e. The largest absolute Gasteiger partial charge is 0.433 e.